The highest BCUT2D eigenvalue weighted by molar-refractivity contribution is 5.18. The average Bonchev–Trinajstić information content (AvgIpc) is 2.49. The van der Waals surface area contributed by atoms with Crippen molar-refractivity contribution in [3.8, 4) is 0 Å². The lowest BCUT2D eigenvalue weighted by atomic mass is 9.88. The normalized spacial score (nSPS) is 23.1. The first-order chi connectivity index (χ1) is 10.2. The van der Waals surface area contributed by atoms with Crippen molar-refractivity contribution in [1.29, 1.82) is 0 Å². The Bertz CT molecular complexity index is 554. The van der Waals surface area contributed by atoms with E-state index in [0.29, 0.717) is 19.4 Å². The molecule has 1 heterocycles. The maximum atomic E-state index is 15.2. The molecule has 2 heteroatoms. The van der Waals surface area contributed by atoms with E-state index in [-0.39, 0.29) is 0 Å². The van der Waals surface area contributed by atoms with Crippen LogP contribution in [-0.2, 0) is 13.0 Å². The molecule has 0 aliphatic carbocycles. The average molecular weight is 283 g/mol. The van der Waals surface area contributed by atoms with Crippen molar-refractivity contribution in [3.63, 3.8) is 0 Å². The Labute approximate surface area is 126 Å². The number of hydrogen-bond acceptors (Lipinski definition) is 1. The fourth-order valence-corrected chi connectivity index (χ4v) is 3.26. The van der Waals surface area contributed by atoms with Crippen LogP contribution in [0.25, 0.3) is 0 Å². The van der Waals surface area contributed by atoms with Gasteiger partial charge in [-0.05, 0) is 30.5 Å². The standard InChI is InChI=1S/C19H22FN/c20-19(14-17-8-3-1-4-9-17)12-7-13-21(16-19)15-18-10-5-2-6-11-18/h1-6,8-11H,7,12-16H2/t19-/m0/s1. The molecule has 1 nitrogen and oxygen atoms in total. The molecule has 0 aromatic heterocycles. The van der Waals surface area contributed by atoms with Crippen LogP contribution in [0.3, 0.4) is 0 Å². The fraction of sp³-hybridized carbons (Fsp3) is 0.368. The summed E-state index contributed by atoms with van der Waals surface area (Å²) < 4.78 is 15.2. The molecule has 1 atom stereocenters. The van der Waals surface area contributed by atoms with Crippen LogP contribution < -0.4 is 0 Å². The zero-order chi connectivity index (χ0) is 14.5. The Morgan fingerprint density at radius 2 is 1.52 bits per heavy atom. The number of hydrogen-bond donors (Lipinski definition) is 0. The first-order valence-corrected chi connectivity index (χ1v) is 7.73. The Kier molecular flexibility index (Phi) is 4.35. The third kappa shape index (κ3) is 3.92. The molecule has 0 radical (unpaired) electrons. The lowest BCUT2D eigenvalue weighted by Crippen LogP contribution is -2.46. The summed E-state index contributed by atoms with van der Waals surface area (Å²) in [5.41, 5.74) is 1.28. The van der Waals surface area contributed by atoms with E-state index in [1.807, 2.05) is 48.5 Å². The van der Waals surface area contributed by atoms with Crippen LogP contribution in [0.1, 0.15) is 24.0 Å². The predicted octanol–water partition coefficient (Wildman–Crippen LogP) is 4.23. The number of nitrogens with zero attached hydrogens (tertiary/aromatic N) is 1. The van der Waals surface area contributed by atoms with E-state index in [4.69, 9.17) is 0 Å². The van der Waals surface area contributed by atoms with Crippen molar-refractivity contribution in [3.05, 3.63) is 71.8 Å². The van der Waals surface area contributed by atoms with E-state index in [1.54, 1.807) is 0 Å². The predicted molar refractivity (Wildman–Crippen MR) is 84.9 cm³/mol. The summed E-state index contributed by atoms with van der Waals surface area (Å²) in [6.07, 6.45) is 2.14. The molecular weight excluding hydrogens is 261 g/mol. The summed E-state index contributed by atoms with van der Waals surface area (Å²) in [5, 5.41) is 0. The number of piperidine rings is 1. The van der Waals surface area contributed by atoms with Gasteiger partial charge in [-0.1, -0.05) is 60.7 Å². The van der Waals surface area contributed by atoms with E-state index in [9.17, 15) is 0 Å². The van der Waals surface area contributed by atoms with Gasteiger partial charge in [0.1, 0.15) is 5.67 Å². The highest BCUT2D eigenvalue weighted by atomic mass is 19.1. The van der Waals surface area contributed by atoms with Gasteiger partial charge in [0.2, 0.25) is 0 Å². The minimum atomic E-state index is -1.09. The van der Waals surface area contributed by atoms with Gasteiger partial charge >= 0.3 is 0 Å². The molecule has 1 aliphatic rings. The van der Waals surface area contributed by atoms with Crippen LogP contribution in [-0.4, -0.2) is 23.7 Å². The Morgan fingerprint density at radius 3 is 2.19 bits per heavy atom. The molecule has 0 amide bonds. The summed E-state index contributed by atoms with van der Waals surface area (Å²) in [7, 11) is 0. The lowest BCUT2D eigenvalue weighted by Gasteiger charge is -2.37. The quantitative estimate of drug-likeness (QED) is 0.811. The largest absolute Gasteiger partial charge is 0.296 e. The maximum absolute atomic E-state index is 15.2. The highest BCUT2D eigenvalue weighted by Crippen LogP contribution is 2.30. The smallest absolute Gasteiger partial charge is 0.127 e. The van der Waals surface area contributed by atoms with Gasteiger partial charge in [-0.2, -0.15) is 0 Å². The number of alkyl halides is 1. The van der Waals surface area contributed by atoms with Gasteiger partial charge in [0.05, 0.1) is 0 Å². The molecule has 0 bridgehead atoms. The lowest BCUT2D eigenvalue weighted by molar-refractivity contribution is 0.0414. The summed E-state index contributed by atoms with van der Waals surface area (Å²) >= 11 is 0. The van der Waals surface area contributed by atoms with Crippen LogP contribution >= 0.6 is 0 Å². The minimum Gasteiger partial charge on any atom is -0.296 e. The number of rotatable bonds is 4. The molecule has 21 heavy (non-hydrogen) atoms. The van der Waals surface area contributed by atoms with Crippen molar-refractivity contribution < 1.29 is 4.39 Å². The van der Waals surface area contributed by atoms with E-state index in [0.717, 1.165) is 25.1 Å². The van der Waals surface area contributed by atoms with Crippen LogP contribution in [0.4, 0.5) is 4.39 Å². The van der Waals surface area contributed by atoms with E-state index < -0.39 is 5.67 Å². The molecule has 1 fully saturated rings. The molecule has 2 aromatic rings. The first kappa shape index (κ1) is 14.3. The summed E-state index contributed by atoms with van der Waals surface area (Å²) in [5.74, 6) is 0. The molecule has 0 unspecified atom stereocenters. The maximum Gasteiger partial charge on any atom is 0.127 e. The zero-order valence-electron chi connectivity index (χ0n) is 12.3. The Balaban J connectivity index is 1.64. The second kappa shape index (κ2) is 6.40. The molecular formula is C19H22FN. The van der Waals surface area contributed by atoms with E-state index >= 15 is 4.39 Å². The number of likely N-dealkylation sites (tertiary alicyclic amines) is 1. The molecule has 0 N–H and O–H groups in total. The van der Waals surface area contributed by atoms with Crippen LogP contribution in [0, 0.1) is 0 Å². The number of benzene rings is 2. The van der Waals surface area contributed by atoms with Crippen LogP contribution in [0.5, 0.6) is 0 Å². The van der Waals surface area contributed by atoms with Crippen LogP contribution in [0.2, 0.25) is 0 Å². The molecule has 1 aliphatic heterocycles. The molecule has 0 saturated carbocycles. The topological polar surface area (TPSA) is 3.24 Å². The van der Waals surface area contributed by atoms with Gasteiger partial charge in [-0.3, -0.25) is 4.90 Å². The van der Waals surface area contributed by atoms with Gasteiger partial charge in [-0.25, -0.2) is 4.39 Å². The van der Waals surface area contributed by atoms with E-state index in [2.05, 4.69) is 17.0 Å². The fourth-order valence-electron chi connectivity index (χ4n) is 3.26. The summed E-state index contributed by atoms with van der Waals surface area (Å²) in [6.45, 7) is 2.38. The molecule has 0 spiro atoms. The van der Waals surface area contributed by atoms with Crippen molar-refractivity contribution in [2.75, 3.05) is 13.1 Å². The van der Waals surface area contributed by atoms with Gasteiger partial charge in [0, 0.05) is 19.5 Å². The first-order valence-electron chi connectivity index (χ1n) is 7.73. The Morgan fingerprint density at radius 1 is 0.905 bits per heavy atom. The van der Waals surface area contributed by atoms with Crippen molar-refractivity contribution in [1.82, 2.24) is 4.90 Å². The van der Waals surface area contributed by atoms with Crippen LogP contribution in [0.15, 0.2) is 60.7 Å². The Hall–Kier alpha value is -1.67. The third-order valence-electron chi connectivity index (χ3n) is 4.22. The molecule has 2 aromatic carbocycles. The third-order valence-corrected chi connectivity index (χ3v) is 4.22. The molecule has 110 valence electrons. The minimum absolute atomic E-state index is 0.527. The van der Waals surface area contributed by atoms with Crippen molar-refractivity contribution in [2.24, 2.45) is 0 Å². The van der Waals surface area contributed by atoms with Gasteiger partial charge in [0.25, 0.3) is 0 Å². The van der Waals surface area contributed by atoms with E-state index in [1.165, 1.54) is 5.56 Å². The van der Waals surface area contributed by atoms with Gasteiger partial charge < -0.3 is 0 Å². The van der Waals surface area contributed by atoms with Crippen molar-refractivity contribution >= 4 is 0 Å². The summed E-state index contributed by atoms with van der Waals surface area (Å²) in [4.78, 5) is 2.25. The highest BCUT2D eigenvalue weighted by Gasteiger charge is 2.35. The second-order valence-electron chi connectivity index (χ2n) is 6.11. The summed E-state index contributed by atoms with van der Waals surface area (Å²) in [6, 6.07) is 20.4. The molecule has 3 rings (SSSR count). The zero-order valence-corrected chi connectivity index (χ0v) is 12.3. The SMILES string of the molecule is F[C@]1(Cc2ccccc2)CCCN(Cc2ccccc2)C1. The van der Waals surface area contributed by atoms with Gasteiger partial charge in [0.15, 0.2) is 0 Å². The second-order valence-corrected chi connectivity index (χ2v) is 6.11. The van der Waals surface area contributed by atoms with Gasteiger partial charge in [-0.15, -0.1) is 0 Å². The monoisotopic (exact) mass is 283 g/mol. The number of halogens is 1. The van der Waals surface area contributed by atoms with Crippen molar-refractivity contribution in [2.45, 2.75) is 31.5 Å². The molecule has 1 saturated heterocycles.